The van der Waals surface area contributed by atoms with E-state index in [-0.39, 0.29) is 23.2 Å². The van der Waals surface area contributed by atoms with Gasteiger partial charge in [-0.05, 0) is 30.3 Å². The molecule has 1 aromatic carbocycles. The molecule has 4 rings (SSSR count). The van der Waals surface area contributed by atoms with Crippen molar-refractivity contribution in [3.8, 4) is 17.0 Å². The lowest BCUT2D eigenvalue weighted by molar-refractivity contribution is -0.916. The number of piperazine rings is 1. The average molecular weight is 468 g/mol. The van der Waals surface area contributed by atoms with Gasteiger partial charge in [0.05, 0.1) is 39.0 Å². The van der Waals surface area contributed by atoms with Crippen LogP contribution in [0.2, 0.25) is 0 Å². The van der Waals surface area contributed by atoms with Gasteiger partial charge in [0, 0.05) is 30.6 Å². The molecule has 172 valence electrons. The van der Waals surface area contributed by atoms with Crippen LogP contribution >= 0.6 is 11.8 Å². The Labute approximate surface area is 189 Å². The largest absolute Gasteiger partial charge is 0.497 e. The van der Waals surface area contributed by atoms with Gasteiger partial charge in [0.2, 0.25) is 5.91 Å². The fourth-order valence-electron chi connectivity index (χ4n) is 4.33. The van der Waals surface area contributed by atoms with Gasteiger partial charge in [0.1, 0.15) is 17.5 Å². The minimum atomic E-state index is -4.58. The van der Waals surface area contributed by atoms with Crippen molar-refractivity contribution in [3.63, 3.8) is 0 Å². The molecule has 1 unspecified atom stereocenters. The number of nitrogens with one attached hydrogen (secondary N) is 1. The first-order chi connectivity index (χ1) is 15.3. The van der Waals surface area contributed by atoms with Gasteiger partial charge in [0.15, 0.2) is 5.16 Å². The summed E-state index contributed by atoms with van der Waals surface area (Å²) < 4.78 is 45.3. The molecule has 2 atom stereocenters. The molecular formula is C22H26F3N4O2S+. The van der Waals surface area contributed by atoms with E-state index in [0.717, 1.165) is 43.9 Å². The number of thioether (sulfide) groups is 1. The van der Waals surface area contributed by atoms with E-state index in [0.29, 0.717) is 23.1 Å². The molecule has 2 fully saturated rings. The summed E-state index contributed by atoms with van der Waals surface area (Å²) in [5.41, 5.74) is -0.273. The fourth-order valence-corrected chi connectivity index (χ4v) is 5.11. The molecule has 3 heterocycles. The highest BCUT2D eigenvalue weighted by Crippen LogP contribution is 2.32. The van der Waals surface area contributed by atoms with E-state index in [9.17, 15) is 18.0 Å². The summed E-state index contributed by atoms with van der Waals surface area (Å²) in [5, 5.41) is 0.0171. The van der Waals surface area contributed by atoms with Crippen LogP contribution in [-0.2, 0) is 11.0 Å². The number of aromatic nitrogens is 2. The first-order valence-electron chi connectivity index (χ1n) is 10.7. The zero-order valence-corrected chi connectivity index (χ0v) is 18.6. The molecule has 6 nitrogen and oxygen atoms in total. The molecule has 0 spiro atoms. The second kappa shape index (κ2) is 9.66. The number of rotatable bonds is 6. The smallest absolute Gasteiger partial charge is 0.433 e. The molecule has 2 saturated heterocycles. The van der Waals surface area contributed by atoms with Gasteiger partial charge < -0.3 is 14.5 Å². The van der Waals surface area contributed by atoms with Crippen LogP contribution in [0.4, 0.5) is 13.2 Å². The lowest BCUT2D eigenvalue weighted by Crippen LogP contribution is -3.16. The van der Waals surface area contributed by atoms with Crippen molar-refractivity contribution < 1.29 is 27.6 Å². The maximum atomic E-state index is 13.4. The highest BCUT2D eigenvalue weighted by atomic mass is 32.2. The third-order valence-corrected chi connectivity index (χ3v) is 6.90. The second-order valence-electron chi connectivity index (χ2n) is 8.08. The number of hydrogen-bond acceptors (Lipinski definition) is 5. The lowest BCUT2D eigenvalue weighted by Gasteiger charge is -2.34. The number of amides is 1. The standard InChI is InChI=1S/C22H25F3N4O2S/c1-31-17-6-4-15(5-7-17)18-13-19(22(23,24)25)27-21(26-18)32-12-8-20(30)29-11-10-28-9-2-3-16(28)14-29/h4-7,13,16H,2-3,8-12,14H2,1H3/p+1/t16-/m0/s1. The van der Waals surface area contributed by atoms with E-state index in [4.69, 9.17) is 4.74 Å². The summed E-state index contributed by atoms with van der Waals surface area (Å²) in [5.74, 6) is 0.984. The number of methoxy groups -OCH3 is 1. The van der Waals surface area contributed by atoms with Gasteiger partial charge in [-0.1, -0.05) is 11.8 Å². The van der Waals surface area contributed by atoms with E-state index in [2.05, 4.69) is 9.97 Å². The summed E-state index contributed by atoms with van der Waals surface area (Å²) >= 11 is 1.08. The predicted octanol–water partition coefficient (Wildman–Crippen LogP) is 2.54. The molecule has 0 bridgehead atoms. The Kier molecular flexibility index (Phi) is 6.90. The Morgan fingerprint density at radius 3 is 2.75 bits per heavy atom. The normalized spacial score (nSPS) is 20.8. The van der Waals surface area contributed by atoms with Crippen LogP contribution in [0.15, 0.2) is 35.5 Å². The number of ether oxygens (including phenoxy) is 1. The lowest BCUT2D eigenvalue weighted by atomic mass is 10.1. The van der Waals surface area contributed by atoms with Gasteiger partial charge in [0.25, 0.3) is 0 Å². The number of fused-ring (bicyclic) bond motifs is 1. The number of alkyl halides is 3. The minimum Gasteiger partial charge on any atom is -0.497 e. The Bertz CT molecular complexity index is 955. The topological polar surface area (TPSA) is 59.8 Å². The van der Waals surface area contributed by atoms with Crippen molar-refractivity contribution in [2.24, 2.45) is 0 Å². The van der Waals surface area contributed by atoms with Gasteiger partial charge in [-0.25, -0.2) is 9.97 Å². The molecule has 1 N–H and O–H groups in total. The predicted molar refractivity (Wildman–Crippen MR) is 115 cm³/mol. The summed E-state index contributed by atoms with van der Waals surface area (Å²) in [7, 11) is 1.52. The maximum absolute atomic E-state index is 13.4. The minimum absolute atomic E-state index is 0.0171. The molecule has 32 heavy (non-hydrogen) atoms. The number of nitrogens with zero attached hydrogens (tertiary/aromatic N) is 3. The Hall–Kier alpha value is -2.33. The Morgan fingerprint density at radius 1 is 1.25 bits per heavy atom. The first-order valence-corrected chi connectivity index (χ1v) is 11.7. The first kappa shape index (κ1) is 22.8. The van der Waals surface area contributed by atoms with E-state index < -0.39 is 11.9 Å². The van der Waals surface area contributed by atoms with E-state index in [1.165, 1.54) is 20.1 Å². The van der Waals surface area contributed by atoms with E-state index >= 15 is 0 Å². The molecule has 2 aromatic rings. The molecule has 2 aliphatic heterocycles. The molecule has 0 aliphatic carbocycles. The maximum Gasteiger partial charge on any atom is 0.433 e. The number of carbonyl (C=O) groups excluding carboxylic acids is 1. The summed E-state index contributed by atoms with van der Waals surface area (Å²) in [4.78, 5) is 24.1. The van der Waals surface area contributed by atoms with Crippen LogP contribution in [0.25, 0.3) is 11.3 Å². The van der Waals surface area contributed by atoms with Crippen LogP contribution in [0.1, 0.15) is 25.0 Å². The van der Waals surface area contributed by atoms with Crippen molar-refractivity contribution in [2.75, 3.05) is 39.0 Å². The summed E-state index contributed by atoms with van der Waals surface area (Å²) in [6, 6.07) is 8.12. The third kappa shape index (κ3) is 5.35. The highest BCUT2D eigenvalue weighted by Gasteiger charge is 2.36. The van der Waals surface area contributed by atoms with Crippen LogP contribution < -0.4 is 9.64 Å². The zero-order chi connectivity index (χ0) is 22.7. The van der Waals surface area contributed by atoms with Gasteiger partial charge in [-0.15, -0.1) is 0 Å². The molecule has 0 radical (unpaired) electrons. The number of quaternary nitrogens is 1. The molecular weight excluding hydrogens is 441 g/mol. The number of benzene rings is 1. The Balaban J connectivity index is 1.42. The zero-order valence-electron chi connectivity index (χ0n) is 17.8. The van der Waals surface area contributed by atoms with Gasteiger partial charge >= 0.3 is 6.18 Å². The van der Waals surface area contributed by atoms with Crippen molar-refractivity contribution in [3.05, 3.63) is 36.0 Å². The second-order valence-corrected chi connectivity index (χ2v) is 9.14. The molecule has 10 heteroatoms. The molecule has 0 saturated carbocycles. The van der Waals surface area contributed by atoms with Crippen molar-refractivity contribution in [2.45, 2.75) is 36.6 Å². The van der Waals surface area contributed by atoms with E-state index in [1.54, 1.807) is 29.2 Å². The SMILES string of the molecule is COc1ccc(-c2cc(C(F)(F)F)nc(SCCC(=O)N3CC[NH+]4CCC[C@H]4C3)n2)cc1. The molecule has 2 aliphatic rings. The van der Waals surface area contributed by atoms with Crippen LogP contribution in [-0.4, -0.2) is 65.9 Å². The van der Waals surface area contributed by atoms with Crippen molar-refractivity contribution in [1.82, 2.24) is 14.9 Å². The summed E-state index contributed by atoms with van der Waals surface area (Å²) in [6.45, 7) is 3.69. The number of carbonyl (C=O) groups is 1. The highest BCUT2D eigenvalue weighted by molar-refractivity contribution is 7.99. The molecule has 1 amide bonds. The van der Waals surface area contributed by atoms with Gasteiger partial charge in [-0.2, -0.15) is 13.2 Å². The third-order valence-electron chi connectivity index (χ3n) is 6.05. The van der Waals surface area contributed by atoms with Crippen LogP contribution in [0.3, 0.4) is 0 Å². The quantitative estimate of drug-likeness (QED) is 0.523. The number of hydrogen-bond donors (Lipinski definition) is 1. The fraction of sp³-hybridized carbons (Fsp3) is 0.500. The van der Waals surface area contributed by atoms with Crippen LogP contribution in [0.5, 0.6) is 5.75 Å². The number of halogens is 3. The van der Waals surface area contributed by atoms with Crippen LogP contribution in [0, 0.1) is 0 Å². The van der Waals surface area contributed by atoms with Gasteiger partial charge in [-0.3, -0.25) is 4.79 Å². The van der Waals surface area contributed by atoms with Crippen molar-refractivity contribution in [1.29, 1.82) is 0 Å². The Morgan fingerprint density at radius 2 is 2.03 bits per heavy atom. The van der Waals surface area contributed by atoms with Crippen molar-refractivity contribution >= 4 is 17.7 Å². The van der Waals surface area contributed by atoms with E-state index in [1.807, 2.05) is 4.90 Å². The monoisotopic (exact) mass is 467 g/mol. The average Bonchev–Trinajstić information content (AvgIpc) is 3.26. The summed E-state index contributed by atoms with van der Waals surface area (Å²) in [6.07, 6.45) is -1.97. The molecule has 1 aromatic heterocycles.